The standard InChI is InChI=1S/C16H20BrNO2/c1-2-14(19)18-7-5-10-3-4-11-9-13(17)16-12(15(10)11)6-8-20-16/h9-10H,2-8H2,1H3,(H,18,19). The summed E-state index contributed by atoms with van der Waals surface area (Å²) in [5, 5.41) is 2.99. The molecule has 1 N–H and O–H groups in total. The Labute approximate surface area is 128 Å². The van der Waals surface area contributed by atoms with Crippen LogP contribution in [-0.4, -0.2) is 19.1 Å². The Morgan fingerprint density at radius 1 is 1.50 bits per heavy atom. The first kappa shape index (κ1) is 13.9. The molecule has 0 bridgehead atoms. The van der Waals surface area contributed by atoms with Gasteiger partial charge in [0.25, 0.3) is 0 Å². The van der Waals surface area contributed by atoms with E-state index in [1.807, 2.05) is 6.92 Å². The second-order valence-electron chi connectivity index (χ2n) is 5.57. The van der Waals surface area contributed by atoms with Crippen molar-refractivity contribution in [1.82, 2.24) is 5.32 Å². The van der Waals surface area contributed by atoms with E-state index in [9.17, 15) is 4.79 Å². The minimum absolute atomic E-state index is 0.146. The molecule has 1 atom stereocenters. The number of ether oxygens (including phenoxy) is 1. The molecule has 0 aromatic heterocycles. The van der Waals surface area contributed by atoms with Gasteiger partial charge in [0.05, 0.1) is 11.1 Å². The van der Waals surface area contributed by atoms with Gasteiger partial charge in [-0.3, -0.25) is 4.79 Å². The molecule has 1 aliphatic heterocycles. The third-order valence-corrected chi connectivity index (χ3v) is 4.96. The molecule has 1 aromatic rings. The molecule has 0 fully saturated rings. The Morgan fingerprint density at radius 3 is 3.15 bits per heavy atom. The quantitative estimate of drug-likeness (QED) is 0.915. The second-order valence-corrected chi connectivity index (χ2v) is 6.42. The van der Waals surface area contributed by atoms with Gasteiger partial charge in [0.2, 0.25) is 5.91 Å². The van der Waals surface area contributed by atoms with Gasteiger partial charge in [0.15, 0.2) is 0 Å². The van der Waals surface area contributed by atoms with Crippen LogP contribution in [0.5, 0.6) is 5.75 Å². The van der Waals surface area contributed by atoms with Crippen molar-refractivity contribution in [2.45, 2.75) is 44.9 Å². The van der Waals surface area contributed by atoms with Gasteiger partial charge in [-0.15, -0.1) is 0 Å². The Bertz CT molecular complexity index is 542. The number of benzene rings is 1. The highest BCUT2D eigenvalue weighted by atomic mass is 79.9. The predicted octanol–water partition coefficient (Wildman–Crippen LogP) is 3.33. The van der Waals surface area contributed by atoms with E-state index >= 15 is 0 Å². The zero-order valence-corrected chi connectivity index (χ0v) is 13.4. The van der Waals surface area contributed by atoms with Gasteiger partial charge >= 0.3 is 0 Å². The number of aryl methyl sites for hydroxylation is 1. The number of hydrogen-bond donors (Lipinski definition) is 1. The average Bonchev–Trinajstić information content (AvgIpc) is 3.05. The minimum Gasteiger partial charge on any atom is -0.492 e. The molecule has 2 aliphatic rings. The van der Waals surface area contributed by atoms with Crippen LogP contribution in [0, 0.1) is 0 Å². The van der Waals surface area contributed by atoms with Gasteiger partial charge < -0.3 is 10.1 Å². The maximum Gasteiger partial charge on any atom is 0.219 e. The number of amides is 1. The van der Waals surface area contributed by atoms with Crippen LogP contribution in [0.2, 0.25) is 0 Å². The molecule has 0 saturated heterocycles. The Kier molecular flexibility index (Phi) is 4.01. The van der Waals surface area contributed by atoms with Crippen molar-refractivity contribution < 1.29 is 9.53 Å². The van der Waals surface area contributed by atoms with E-state index in [0.717, 1.165) is 42.6 Å². The maximum atomic E-state index is 11.3. The van der Waals surface area contributed by atoms with Gasteiger partial charge in [-0.05, 0) is 58.3 Å². The molecule has 4 heteroatoms. The highest BCUT2D eigenvalue weighted by Crippen LogP contribution is 2.46. The fraction of sp³-hybridized carbons (Fsp3) is 0.562. The van der Waals surface area contributed by atoms with Crippen molar-refractivity contribution in [3.8, 4) is 5.75 Å². The summed E-state index contributed by atoms with van der Waals surface area (Å²) in [6.45, 7) is 3.47. The molecule has 108 valence electrons. The highest BCUT2D eigenvalue weighted by Gasteiger charge is 2.30. The number of carbonyl (C=O) groups excluding carboxylic acids is 1. The van der Waals surface area contributed by atoms with Crippen molar-refractivity contribution in [3.63, 3.8) is 0 Å². The van der Waals surface area contributed by atoms with Crippen LogP contribution < -0.4 is 10.1 Å². The molecular weight excluding hydrogens is 318 g/mol. The summed E-state index contributed by atoms with van der Waals surface area (Å²) in [5.41, 5.74) is 4.37. The lowest BCUT2D eigenvalue weighted by Gasteiger charge is -2.16. The lowest BCUT2D eigenvalue weighted by atomic mass is 9.92. The zero-order chi connectivity index (χ0) is 14.1. The molecule has 0 spiro atoms. The van der Waals surface area contributed by atoms with E-state index < -0.39 is 0 Å². The van der Waals surface area contributed by atoms with Crippen molar-refractivity contribution in [3.05, 3.63) is 27.2 Å². The summed E-state index contributed by atoms with van der Waals surface area (Å²) in [4.78, 5) is 11.3. The van der Waals surface area contributed by atoms with E-state index in [1.54, 1.807) is 0 Å². The number of rotatable bonds is 4. The van der Waals surface area contributed by atoms with Crippen LogP contribution in [0.15, 0.2) is 10.5 Å². The van der Waals surface area contributed by atoms with Crippen LogP contribution in [0.3, 0.4) is 0 Å². The second kappa shape index (κ2) is 5.76. The summed E-state index contributed by atoms with van der Waals surface area (Å²) in [5.74, 6) is 1.77. The summed E-state index contributed by atoms with van der Waals surface area (Å²) < 4.78 is 6.85. The lowest BCUT2D eigenvalue weighted by Crippen LogP contribution is -2.24. The van der Waals surface area contributed by atoms with Crippen LogP contribution in [0.1, 0.15) is 48.8 Å². The summed E-state index contributed by atoms with van der Waals surface area (Å²) >= 11 is 3.62. The topological polar surface area (TPSA) is 38.3 Å². The van der Waals surface area contributed by atoms with Crippen molar-refractivity contribution in [1.29, 1.82) is 0 Å². The minimum atomic E-state index is 0.146. The SMILES string of the molecule is CCC(=O)NCCC1CCc2cc(Br)c3c(c21)CCO3. The molecule has 1 unspecified atom stereocenters. The van der Waals surface area contributed by atoms with Crippen LogP contribution in [0.25, 0.3) is 0 Å². The molecule has 1 aromatic carbocycles. The first-order valence-corrected chi connectivity index (χ1v) is 8.23. The smallest absolute Gasteiger partial charge is 0.219 e. The summed E-state index contributed by atoms with van der Waals surface area (Å²) in [6, 6.07) is 2.23. The Hall–Kier alpha value is -1.03. The highest BCUT2D eigenvalue weighted by molar-refractivity contribution is 9.10. The molecule has 0 saturated carbocycles. The Balaban J connectivity index is 1.76. The van der Waals surface area contributed by atoms with Crippen LogP contribution in [0.4, 0.5) is 0 Å². The molecule has 3 rings (SSSR count). The van der Waals surface area contributed by atoms with Gasteiger partial charge in [0.1, 0.15) is 5.75 Å². The molecule has 20 heavy (non-hydrogen) atoms. The van der Waals surface area contributed by atoms with Gasteiger partial charge in [-0.1, -0.05) is 6.92 Å². The largest absolute Gasteiger partial charge is 0.492 e. The van der Waals surface area contributed by atoms with E-state index in [1.165, 1.54) is 23.1 Å². The maximum absolute atomic E-state index is 11.3. The van der Waals surface area contributed by atoms with Crippen molar-refractivity contribution >= 4 is 21.8 Å². The van der Waals surface area contributed by atoms with Crippen molar-refractivity contribution in [2.75, 3.05) is 13.2 Å². The third kappa shape index (κ3) is 2.46. The van der Waals surface area contributed by atoms with Gasteiger partial charge in [-0.2, -0.15) is 0 Å². The fourth-order valence-electron chi connectivity index (χ4n) is 3.40. The molecule has 1 heterocycles. The number of fused-ring (bicyclic) bond motifs is 3. The molecule has 1 amide bonds. The molecule has 3 nitrogen and oxygen atoms in total. The number of carbonyl (C=O) groups is 1. The lowest BCUT2D eigenvalue weighted by molar-refractivity contribution is -0.120. The molecular formula is C16H20BrNO2. The Morgan fingerprint density at radius 2 is 2.35 bits per heavy atom. The molecule has 0 radical (unpaired) electrons. The van der Waals surface area contributed by atoms with Crippen molar-refractivity contribution in [2.24, 2.45) is 0 Å². The van der Waals surface area contributed by atoms with E-state index in [4.69, 9.17) is 4.74 Å². The van der Waals surface area contributed by atoms with E-state index in [0.29, 0.717) is 12.3 Å². The fourth-order valence-corrected chi connectivity index (χ4v) is 4.04. The first-order valence-electron chi connectivity index (χ1n) is 7.44. The number of halogens is 1. The third-order valence-electron chi connectivity index (χ3n) is 4.37. The van der Waals surface area contributed by atoms with Crippen LogP contribution >= 0.6 is 15.9 Å². The van der Waals surface area contributed by atoms with Crippen LogP contribution in [-0.2, 0) is 17.6 Å². The average molecular weight is 338 g/mol. The summed E-state index contributed by atoms with van der Waals surface area (Å²) in [6.07, 6.45) is 4.97. The first-order chi connectivity index (χ1) is 9.70. The summed E-state index contributed by atoms with van der Waals surface area (Å²) in [7, 11) is 0. The number of nitrogens with one attached hydrogen (secondary N) is 1. The van der Waals surface area contributed by atoms with E-state index in [2.05, 4.69) is 27.3 Å². The zero-order valence-electron chi connectivity index (χ0n) is 11.8. The van der Waals surface area contributed by atoms with Gasteiger partial charge in [-0.25, -0.2) is 0 Å². The number of hydrogen-bond acceptors (Lipinski definition) is 2. The van der Waals surface area contributed by atoms with Gasteiger partial charge in [0, 0.05) is 24.9 Å². The normalized spacial score (nSPS) is 19.4. The van der Waals surface area contributed by atoms with E-state index in [-0.39, 0.29) is 5.91 Å². The monoisotopic (exact) mass is 337 g/mol. The molecule has 1 aliphatic carbocycles. The predicted molar refractivity (Wildman–Crippen MR) is 82.3 cm³/mol.